The Morgan fingerprint density at radius 1 is 1.32 bits per heavy atom. The molecule has 1 atom stereocenters. The van der Waals surface area contributed by atoms with Gasteiger partial charge in [0.25, 0.3) is 5.91 Å². The number of benzene rings is 1. The zero-order chi connectivity index (χ0) is 17.9. The van der Waals surface area contributed by atoms with E-state index >= 15 is 0 Å². The summed E-state index contributed by atoms with van der Waals surface area (Å²) in [5.74, 6) is -0.818. The van der Waals surface area contributed by atoms with Crippen molar-refractivity contribution in [3.63, 3.8) is 0 Å². The number of aromatic nitrogens is 2. The predicted molar refractivity (Wildman–Crippen MR) is 85.2 cm³/mol. The van der Waals surface area contributed by atoms with E-state index in [4.69, 9.17) is 4.74 Å². The molecule has 1 unspecified atom stereocenters. The van der Waals surface area contributed by atoms with Crippen LogP contribution in [0.5, 0.6) is 0 Å². The van der Waals surface area contributed by atoms with E-state index in [-0.39, 0.29) is 6.10 Å². The number of anilines is 1. The van der Waals surface area contributed by atoms with Crippen LogP contribution in [0.4, 0.5) is 18.9 Å². The maximum Gasteiger partial charge on any atom is 0.417 e. The van der Waals surface area contributed by atoms with E-state index in [9.17, 15) is 18.0 Å². The summed E-state index contributed by atoms with van der Waals surface area (Å²) in [7, 11) is 0. The molecule has 2 aromatic rings. The van der Waals surface area contributed by atoms with Gasteiger partial charge in [-0.25, -0.2) is 0 Å². The van der Waals surface area contributed by atoms with Crippen molar-refractivity contribution in [1.29, 1.82) is 0 Å². The molecule has 1 aliphatic heterocycles. The number of hydrogen-bond donors (Lipinski definition) is 1. The second-order valence-electron chi connectivity index (χ2n) is 5.94. The number of carbonyl (C=O) groups is 1. The third-order valence-corrected chi connectivity index (χ3v) is 4.03. The lowest BCUT2D eigenvalue weighted by atomic mass is 10.1. The van der Waals surface area contributed by atoms with E-state index in [2.05, 4.69) is 10.4 Å². The van der Waals surface area contributed by atoms with Crippen LogP contribution >= 0.6 is 0 Å². The van der Waals surface area contributed by atoms with Crippen molar-refractivity contribution in [3.05, 3.63) is 47.8 Å². The molecular formula is C17H18F3N3O2. The highest BCUT2D eigenvalue weighted by atomic mass is 19.4. The highest BCUT2D eigenvalue weighted by Crippen LogP contribution is 2.32. The summed E-state index contributed by atoms with van der Waals surface area (Å²) >= 11 is 0. The van der Waals surface area contributed by atoms with E-state index in [1.165, 1.54) is 18.3 Å². The molecule has 134 valence electrons. The Morgan fingerprint density at radius 2 is 2.12 bits per heavy atom. The molecule has 1 amide bonds. The number of alkyl halides is 3. The van der Waals surface area contributed by atoms with Gasteiger partial charge in [-0.1, -0.05) is 12.1 Å². The summed E-state index contributed by atoms with van der Waals surface area (Å²) in [4.78, 5) is 12.2. The summed E-state index contributed by atoms with van der Waals surface area (Å²) in [6.07, 6.45) is 1.59. The lowest BCUT2D eigenvalue weighted by Crippen LogP contribution is -2.24. The molecule has 1 aliphatic rings. The number of carbonyl (C=O) groups excluding carboxylic acids is 1. The predicted octanol–water partition coefficient (Wildman–Crippen LogP) is 3.72. The van der Waals surface area contributed by atoms with Crippen LogP contribution in [0.25, 0.3) is 0 Å². The van der Waals surface area contributed by atoms with E-state index in [0.29, 0.717) is 12.2 Å². The van der Waals surface area contributed by atoms with Crippen LogP contribution in [0.15, 0.2) is 36.7 Å². The van der Waals surface area contributed by atoms with Gasteiger partial charge < -0.3 is 10.1 Å². The lowest BCUT2D eigenvalue weighted by molar-refractivity contribution is -0.137. The van der Waals surface area contributed by atoms with Gasteiger partial charge in [-0.15, -0.1) is 0 Å². The van der Waals surface area contributed by atoms with Gasteiger partial charge in [0, 0.05) is 12.8 Å². The summed E-state index contributed by atoms with van der Waals surface area (Å²) in [5, 5.41) is 6.59. The Balaban J connectivity index is 1.68. The lowest BCUT2D eigenvalue weighted by Gasteiger charge is -2.22. The zero-order valence-corrected chi connectivity index (χ0v) is 13.4. The largest absolute Gasteiger partial charge is 0.417 e. The third kappa shape index (κ3) is 4.39. The van der Waals surface area contributed by atoms with Crippen molar-refractivity contribution in [3.8, 4) is 0 Å². The highest BCUT2D eigenvalue weighted by molar-refractivity contribution is 6.05. The fourth-order valence-electron chi connectivity index (χ4n) is 2.81. The molecular weight excluding hydrogens is 335 g/mol. The molecule has 25 heavy (non-hydrogen) atoms. The first-order chi connectivity index (χ1) is 11.9. The molecule has 1 N–H and O–H groups in total. The van der Waals surface area contributed by atoms with E-state index in [0.717, 1.165) is 38.0 Å². The maximum absolute atomic E-state index is 13.0. The van der Waals surface area contributed by atoms with Crippen molar-refractivity contribution in [2.45, 2.75) is 38.1 Å². The molecule has 0 aliphatic carbocycles. The molecule has 1 aromatic carbocycles. The molecule has 0 saturated carbocycles. The monoisotopic (exact) mass is 353 g/mol. The summed E-state index contributed by atoms with van der Waals surface area (Å²) in [6.45, 7) is 1.28. The standard InChI is InChI=1S/C17H18F3N3O2/c18-17(19,20)15-7-2-1-6-14(15)16(24)22-12-9-21-23(10-12)11-13-5-3-4-8-25-13/h1-2,6-7,9-10,13H,3-5,8,11H2,(H,22,24). The molecule has 1 saturated heterocycles. The first-order valence-corrected chi connectivity index (χ1v) is 8.05. The molecule has 0 spiro atoms. The molecule has 1 aromatic heterocycles. The van der Waals surface area contributed by atoms with Crippen LogP contribution in [0.1, 0.15) is 35.2 Å². The second-order valence-corrected chi connectivity index (χ2v) is 5.94. The van der Waals surface area contributed by atoms with Crippen molar-refractivity contribution in [1.82, 2.24) is 9.78 Å². The van der Waals surface area contributed by atoms with E-state index in [1.54, 1.807) is 10.9 Å². The van der Waals surface area contributed by atoms with Gasteiger partial charge in [-0.05, 0) is 31.4 Å². The van der Waals surface area contributed by atoms with Crippen LogP contribution in [0, 0.1) is 0 Å². The Kier molecular flexibility index (Phi) is 5.08. The van der Waals surface area contributed by atoms with Crippen LogP contribution in [0.3, 0.4) is 0 Å². The molecule has 8 heteroatoms. The number of hydrogen-bond acceptors (Lipinski definition) is 3. The maximum atomic E-state index is 13.0. The summed E-state index contributed by atoms with van der Waals surface area (Å²) < 4.78 is 46.3. The normalized spacial score (nSPS) is 18.1. The number of nitrogens with one attached hydrogen (secondary N) is 1. The average Bonchev–Trinajstić information content (AvgIpc) is 3.02. The van der Waals surface area contributed by atoms with Crippen LogP contribution in [-0.2, 0) is 17.5 Å². The molecule has 2 heterocycles. The fourth-order valence-corrected chi connectivity index (χ4v) is 2.81. The second kappa shape index (κ2) is 7.26. The Labute approximate surface area is 142 Å². The number of nitrogens with zero attached hydrogens (tertiary/aromatic N) is 2. The van der Waals surface area contributed by atoms with Crippen LogP contribution < -0.4 is 5.32 Å². The number of rotatable bonds is 4. The van der Waals surface area contributed by atoms with Crippen molar-refractivity contribution >= 4 is 11.6 Å². The molecule has 5 nitrogen and oxygen atoms in total. The summed E-state index contributed by atoms with van der Waals surface area (Å²) in [6, 6.07) is 4.69. The third-order valence-electron chi connectivity index (χ3n) is 4.03. The quantitative estimate of drug-likeness (QED) is 0.911. The number of amides is 1. The van der Waals surface area contributed by atoms with Crippen LogP contribution in [0.2, 0.25) is 0 Å². The number of halogens is 3. The smallest absolute Gasteiger partial charge is 0.376 e. The first kappa shape index (κ1) is 17.5. The SMILES string of the molecule is O=C(Nc1cnn(CC2CCCCO2)c1)c1ccccc1C(F)(F)F. The first-order valence-electron chi connectivity index (χ1n) is 8.05. The fraction of sp³-hybridized carbons (Fsp3) is 0.412. The Hall–Kier alpha value is -2.35. The Bertz CT molecular complexity index is 737. The van der Waals surface area contributed by atoms with Gasteiger partial charge in [-0.2, -0.15) is 18.3 Å². The van der Waals surface area contributed by atoms with Gasteiger partial charge in [0.05, 0.1) is 35.7 Å². The molecule has 1 fully saturated rings. The van der Waals surface area contributed by atoms with Crippen molar-refractivity contribution < 1.29 is 22.7 Å². The van der Waals surface area contributed by atoms with E-state index in [1.807, 2.05) is 0 Å². The van der Waals surface area contributed by atoms with Gasteiger partial charge >= 0.3 is 6.18 Å². The topological polar surface area (TPSA) is 56.2 Å². The van der Waals surface area contributed by atoms with E-state index < -0.39 is 23.2 Å². The van der Waals surface area contributed by atoms with Gasteiger partial charge in [-0.3, -0.25) is 9.48 Å². The highest BCUT2D eigenvalue weighted by Gasteiger charge is 2.34. The van der Waals surface area contributed by atoms with Gasteiger partial charge in [0.15, 0.2) is 0 Å². The average molecular weight is 353 g/mol. The summed E-state index contributed by atoms with van der Waals surface area (Å²) in [5.41, 5.74) is -1.04. The van der Waals surface area contributed by atoms with Gasteiger partial charge in [0.1, 0.15) is 0 Å². The minimum Gasteiger partial charge on any atom is -0.376 e. The minimum absolute atomic E-state index is 0.0724. The zero-order valence-electron chi connectivity index (χ0n) is 13.4. The van der Waals surface area contributed by atoms with Gasteiger partial charge in [0.2, 0.25) is 0 Å². The molecule has 3 rings (SSSR count). The van der Waals surface area contributed by atoms with Crippen molar-refractivity contribution in [2.75, 3.05) is 11.9 Å². The van der Waals surface area contributed by atoms with Crippen molar-refractivity contribution in [2.24, 2.45) is 0 Å². The Morgan fingerprint density at radius 3 is 2.84 bits per heavy atom. The van der Waals surface area contributed by atoms with Crippen LogP contribution in [-0.4, -0.2) is 28.4 Å². The minimum atomic E-state index is -4.59. The molecule has 0 bridgehead atoms. The number of ether oxygens (including phenoxy) is 1. The molecule has 0 radical (unpaired) electrons.